The number of benzene rings is 2. The van der Waals surface area contributed by atoms with Gasteiger partial charge < -0.3 is 9.47 Å². The molecule has 0 aliphatic heterocycles. The summed E-state index contributed by atoms with van der Waals surface area (Å²) in [7, 11) is 1.49. The normalized spacial score (nSPS) is 11.4. The molecular formula is C18H20BrFO2. The molecular weight excluding hydrogens is 347 g/mol. The van der Waals surface area contributed by atoms with Crippen LogP contribution < -0.4 is 9.47 Å². The lowest BCUT2D eigenvalue weighted by molar-refractivity contribution is 0.374. The second-order valence-electron chi connectivity index (χ2n) is 6.25. The third-order valence-corrected chi connectivity index (χ3v) is 4.45. The van der Waals surface area contributed by atoms with Gasteiger partial charge in [-0.1, -0.05) is 26.8 Å². The maximum Gasteiger partial charge on any atom is 0.169 e. The minimum absolute atomic E-state index is 0.0104. The molecule has 2 aromatic carbocycles. The lowest BCUT2D eigenvalue weighted by Gasteiger charge is -2.22. The summed E-state index contributed by atoms with van der Waals surface area (Å²) in [4.78, 5) is 0. The van der Waals surface area contributed by atoms with Crippen LogP contribution in [0.1, 0.15) is 31.9 Å². The molecule has 0 N–H and O–H groups in total. The van der Waals surface area contributed by atoms with Gasteiger partial charge in [-0.3, -0.25) is 0 Å². The molecule has 4 heteroatoms. The van der Waals surface area contributed by atoms with Gasteiger partial charge in [0.2, 0.25) is 0 Å². The monoisotopic (exact) mass is 366 g/mol. The number of hydrogen-bond acceptors (Lipinski definition) is 2. The molecule has 0 aliphatic rings. The third kappa shape index (κ3) is 3.61. The number of hydrogen-bond donors (Lipinski definition) is 0. The van der Waals surface area contributed by atoms with E-state index in [-0.39, 0.29) is 11.2 Å². The van der Waals surface area contributed by atoms with Crippen LogP contribution in [0.2, 0.25) is 0 Å². The Hall–Kier alpha value is -1.55. The molecule has 0 atom stereocenters. The van der Waals surface area contributed by atoms with Crippen molar-refractivity contribution >= 4 is 15.9 Å². The van der Waals surface area contributed by atoms with Crippen LogP contribution in [-0.2, 0) is 5.41 Å². The highest BCUT2D eigenvalue weighted by Gasteiger charge is 2.18. The largest absolute Gasteiger partial charge is 0.493 e. The molecule has 0 bridgehead atoms. The van der Waals surface area contributed by atoms with Gasteiger partial charge in [-0.2, -0.15) is 0 Å². The second kappa shape index (κ2) is 6.29. The molecule has 2 nitrogen and oxygen atoms in total. The second-order valence-corrected chi connectivity index (χ2v) is 7.05. The molecule has 0 saturated heterocycles. The third-order valence-electron chi connectivity index (χ3n) is 3.43. The zero-order valence-electron chi connectivity index (χ0n) is 13.5. The number of rotatable bonds is 3. The highest BCUT2D eigenvalue weighted by atomic mass is 79.9. The summed E-state index contributed by atoms with van der Waals surface area (Å²) in [5.74, 6) is 1.18. The van der Waals surface area contributed by atoms with E-state index in [9.17, 15) is 4.39 Å². The van der Waals surface area contributed by atoms with Crippen LogP contribution in [0.3, 0.4) is 0 Å². The van der Waals surface area contributed by atoms with Crippen molar-refractivity contribution in [2.45, 2.75) is 33.1 Å². The zero-order chi connectivity index (χ0) is 16.5. The van der Waals surface area contributed by atoms with Crippen molar-refractivity contribution in [1.29, 1.82) is 0 Å². The highest BCUT2D eigenvalue weighted by Crippen LogP contribution is 2.39. The van der Waals surface area contributed by atoms with Crippen molar-refractivity contribution in [3.63, 3.8) is 0 Å². The standard InChI is InChI=1S/C18H20BrFO2/c1-11-8-12(18(2,3)4)9-16(17(11)19)22-14-7-6-13(20)10-15(14)21-5/h6-10H,1-5H3. The minimum atomic E-state index is -0.358. The first-order valence-electron chi connectivity index (χ1n) is 7.04. The van der Waals surface area contributed by atoms with Crippen LogP contribution in [0.5, 0.6) is 17.2 Å². The van der Waals surface area contributed by atoms with Gasteiger partial charge in [-0.05, 0) is 57.6 Å². The average molecular weight is 367 g/mol. The molecule has 22 heavy (non-hydrogen) atoms. The van der Waals surface area contributed by atoms with Crippen LogP contribution in [0.4, 0.5) is 4.39 Å². The average Bonchev–Trinajstić information content (AvgIpc) is 2.44. The Bertz CT molecular complexity index is 690. The van der Waals surface area contributed by atoms with Crippen molar-refractivity contribution in [1.82, 2.24) is 0 Å². The van der Waals surface area contributed by atoms with Crippen LogP contribution in [0, 0.1) is 12.7 Å². The van der Waals surface area contributed by atoms with Crippen LogP contribution in [0.25, 0.3) is 0 Å². The quantitative estimate of drug-likeness (QED) is 0.663. The Morgan fingerprint density at radius 1 is 1.00 bits per heavy atom. The first-order chi connectivity index (χ1) is 10.2. The Kier molecular flexibility index (Phi) is 4.81. The van der Waals surface area contributed by atoms with Gasteiger partial charge >= 0.3 is 0 Å². The fraction of sp³-hybridized carbons (Fsp3) is 0.333. The van der Waals surface area contributed by atoms with E-state index in [0.29, 0.717) is 17.2 Å². The SMILES string of the molecule is COc1cc(F)ccc1Oc1cc(C(C)(C)C)cc(C)c1Br. The van der Waals surface area contributed by atoms with Gasteiger partial charge in [0, 0.05) is 6.07 Å². The Labute approximate surface area is 139 Å². The fourth-order valence-corrected chi connectivity index (χ4v) is 2.40. The van der Waals surface area contributed by atoms with E-state index in [2.05, 4.69) is 42.8 Å². The maximum absolute atomic E-state index is 13.3. The Morgan fingerprint density at radius 3 is 2.27 bits per heavy atom. The van der Waals surface area contributed by atoms with Crippen molar-refractivity contribution in [2.24, 2.45) is 0 Å². The van der Waals surface area contributed by atoms with E-state index < -0.39 is 0 Å². The summed E-state index contributed by atoms with van der Waals surface area (Å²) in [5.41, 5.74) is 2.27. The van der Waals surface area contributed by atoms with E-state index in [1.165, 1.54) is 24.8 Å². The topological polar surface area (TPSA) is 18.5 Å². The van der Waals surface area contributed by atoms with E-state index in [1.807, 2.05) is 13.0 Å². The predicted octanol–water partition coefficient (Wildman–Crippen LogP) is 6.00. The zero-order valence-corrected chi connectivity index (χ0v) is 15.0. The van der Waals surface area contributed by atoms with Crippen LogP contribution in [-0.4, -0.2) is 7.11 Å². The summed E-state index contributed by atoms with van der Waals surface area (Å²) in [6.45, 7) is 8.47. The molecule has 0 spiro atoms. The Morgan fingerprint density at radius 2 is 1.68 bits per heavy atom. The van der Waals surface area contributed by atoms with Gasteiger partial charge in [0.15, 0.2) is 11.5 Å². The molecule has 2 rings (SSSR count). The molecule has 0 aromatic heterocycles. The lowest BCUT2D eigenvalue weighted by Crippen LogP contribution is -2.11. The smallest absolute Gasteiger partial charge is 0.169 e. The van der Waals surface area contributed by atoms with Gasteiger partial charge in [0.25, 0.3) is 0 Å². The van der Waals surface area contributed by atoms with Crippen LogP contribution in [0.15, 0.2) is 34.8 Å². The van der Waals surface area contributed by atoms with Gasteiger partial charge in [0.05, 0.1) is 11.6 Å². The maximum atomic E-state index is 13.3. The molecule has 0 heterocycles. The Balaban J connectivity index is 2.47. The molecule has 0 amide bonds. The molecule has 0 unspecified atom stereocenters. The molecule has 0 radical (unpaired) electrons. The summed E-state index contributed by atoms with van der Waals surface area (Å²) < 4.78 is 25.3. The van der Waals surface area contributed by atoms with Gasteiger partial charge in [-0.15, -0.1) is 0 Å². The summed E-state index contributed by atoms with van der Waals surface area (Å²) in [5, 5.41) is 0. The lowest BCUT2D eigenvalue weighted by atomic mass is 9.86. The van der Waals surface area contributed by atoms with E-state index in [4.69, 9.17) is 9.47 Å². The molecule has 0 saturated carbocycles. The summed E-state index contributed by atoms with van der Waals surface area (Å²) >= 11 is 3.56. The molecule has 0 fully saturated rings. The predicted molar refractivity (Wildman–Crippen MR) is 90.6 cm³/mol. The van der Waals surface area contributed by atoms with Crippen molar-refractivity contribution < 1.29 is 13.9 Å². The molecule has 118 valence electrons. The number of ether oxygens (including phenoxy) is 2. The van der Waals surface area contributed by atoms with Crippen molar-refractivity contribution in [3.8, 4) is 17.2 Å². The number of methoxy groups -OCH3 is 1. The van der Waals surface area contributed by atoms with Gasteiger partial charge in [0.1, 0.15) is 11.6 Å². The van der Waals surface area contributed by atoms with E-state index in [1.54, 1.807) is 6.07 Å². The number of halogens is 2. The summed E-state index contributed by atoms with van der Waals surface area (Å²) in [6.07, 6.45) is 0. The molecule has 2 aromatic rings. The number of aryl methyl sites for hydroxylation is 1. The van der Waals surface area contributed by atoms with E-state index in [0.717, 1.165) is 10.0 Å². The fourth-order valence-electron chi connectivity index (χ4n) is 2.09. The summed E-state index contributed by atoms with van der Waals surface area (Å²) in [6, 6.07) is 8.37. The van der Waals surface area contributed by atoms with E-state index >= 15 is 0 Å². The van der Waals surface area contributed by atoms with Crippen molar-refractivity contribution in [2.75, 3.05) is 7.11 Å². The van der Waals surface area contributed by atoms with Crippen LogP contribution >= 0.6 is 15.9 Å². The highest BCUT2D eigenvalue weighted by molar-refractivity contribution is 9.10. The van der Waals surface area contributed by atoms with Crippen molar-refractivity contribution in [3.05, 3.63) is 51.7 Å². The first kappa shape index (κ1) is 16.8. The first-order valence-corrected chi connectivity index (χ1v) is 7.83. The minimum Gasteiger partial charge on any atom is -0.493 e. The van der Waals surface area contributed by atoms with Gasteiger partial charge in [-0.25, -0.2) is 4.39 Å². The molecule has 0 aliphatic carbocycles.